The molecule has 0 radical (unpaired) electrons. The fraction of sp³-hybridized carbons (Fsp3) is 0.364. The lowest BCUT2D eigenvalue weighted by molar-refractivity contribution is -0.131. The highest BCUT2D eigenvalue weighted by Crippen LogP contribution is 2.32. The van der Waals surface area contributed by atoms with E-state index in [9.17, 15) is 18.4 Å². The molecule has 1 N–H and O–H groups in total. The smallest absolute Gasteiger partial charge is 0.278 e. The van der Waals surface area contributed by atoms with Gasteiger partial charge in [0.05, 0.1) is 11.7 Å². The minimum Gasteiger partial charge on any atom is -0.334 e. The van der Waals surface area contributed by atoms with E-state index in [1.54, 1.807) is 4.90 Å². The number of nitrogens with one attached hydrogen (secondary N) is 1. The number of likely N-dealkylation sites (tertiary alicyclic amines) is 1. The van der Waals surface area contributed by atoms with Gasteiger partial charge in [-0.25, -0.2) is 8.78 Å². The zero-order valence-corrected chi connectivity index (χ0v) is 17.6. The summed E-state index contributed by atoms with van der Waals surface area (Å²) >= 11 is 3.88. The Kier molecular flexibility index (Phi) is 7.10. The summed E-state index contributed by atoms with van der Waals surface area (Å²) in [6, 6.07) is 14.2. The number of rotatable bonds is 2. The number of benzene rings is 2. The SMILES string of the molecule is CN1C(=O)C(Cc2ccccc2)NC12CCN(C(=O)S)CC2.Fc1ccc(F)cc1. The largest absolute Gasteiger partial charge is 0.334 e. The molecule has 0 bridgehead atoms. The van der Waals surface area contributed by atoms with Crippen LogP contribution < -0.4 is 5.32 Å². The quantitative estimate of drug-likeness (QED) is 0.714. The van der Waals surface area contributed by atoms with Gasteiger partial charge in [-0.05, 0) is 36.2 Å². The molecule has 1 atom stereocenters. The highest BCUT2D eigenvalue weighted by molar-refractivity contribution is 7.96. The number of halogens is 2. The van der Waals surface area contributed by atoms with Crippen LogP contribution in [0.3, 0.4) is 0 Å². The minimum absolute atomic E-state index is 0.134. The predicted octanol–water partition coefficient (Wildman–Crippen LogP) is 3.47. The molecule has 2 saturated heterocycles. The van der Waals surface area contributed by atoms with Crippen molar-refractivity contribution in [2.24, 2.45) is 0 Å². The Bertz CT molecular complexity index is 851. The topological polar surface area (TPSA) is 52.7 Å². The minimum atomic E-state index is -0.411. The van der Waals surface area contributed by atoms with E-state index in [0.717, 1.165) is 42.7 Å². The van der Waals surface area contributed by atoms with Crippen molar-refractivity contribution in [2.75, 3.05) is 20.1 Å². The average molecular weight is 434 g/mol. The molecular formula is C22H25F2N3O2S. The Morgan fingerprint density at radius 1 is 1.07 bits per heavy atom. The van der Waals surface area contributed by atoms with Gasteiger partial charge in [-0.3, -0.25) is 14.9 Å². The lowest BCUT2D eigenvalue weighted by atomic mass is 9.96. The molecule has 0 aliphatic carbocycles. The Balaban J connectivity index is 0.000000269. The molecule has 5 nitrogen and oxygen atoms in total. The van der Waals surface area contributed by atoms with Gasteiger partial charge in [0, 0.05) is 33.0 Å². The summed E-state index contributed by atoms with van der Waals surface area (Å²) in [4.78, 5) is 27.5. The van der Waals surface area contributed by atoms with E-state index in [0.29, 0.717) is 19.5 Å². The first-order valence-electron chi connectivity index (χ1n) is 9.79. The molecule has 2 aliphatic heterocycles. The summed E-state index contributed by atoms with van der Waals surface area (Å²) in [5, 5.41) is 3.34. The molecule has 2 aromatic rings. The van der Waals surface area contributed by atoms with Crippen LogP contribution in [0, 0.1) is 11.6 Å². The number of nitrogens with zero attached hydrogens (tertiary/aromatic N) is 2. The standard InChI is InChI=1S/C16H21N3O2S.C6H4F2/c1-18-14(20)13(11-12-5-3-2-4-6-12)17-16(18)7-9-19(10-8-16)15(21)22;7-5-1-2-6(8)4-3-5/h2-6,13,17H,7-11H2,1H3,(H,21,22);1-4H. The molecule has 160 valence electrons. The summed E-state index contributed by atoms with van der Waals surface area (Å²) in [5.74, 6) is -0.688. The third-order valence-electron chi connectivity index (χ3n) is 5.66. The molecule has 1 spiro atoms. The number of carbonyl (C=O) groups is 2. The highest BCUT2D eigenvalue weighted by atomic mass is 32.1. The number of amides is 2. The monoisotopic (exact) mass is 433 g/mol. The Hall–Kier alpha value is -2.45. The number of piperidine rings is 1. The van der Waals surface area contributed by atoms with Crippen molar-refractivity contribution in [3.8, 4) is 0 Å². The van der Waals surface area contributed by atoms with Crippen molar-refractivity contribution >= 4 is 23.8 Å². The zero-order chi connectivity index (χ0) is 21.7. The van der Waals surface area contributed by atoms with Crippen molar-refractivity contribution in [2.45, 2.75) is 31.0 Å². The first-order chi connectivity index (χ1) is 14.3. The third kappa shape index (κ3) is 5.17. The van der Waals surface area contributed by atoms with E-state index in [4.69, 9.17) is 0 Å². The maximum Gasteiger partial charge on any atom is 0.278 e. The summed E-state index contributed by atoms with van der Waals surface area (Å²) < 4.78 is 23.8. The Morgan fingerprint density at radius 3 is 2.10 bits per heavy atom. The van der Waals surface area contributed by atoms with E-state index < -0.39 is 11.6 Å². The van der Waals surface area contributed by atoms with E-state index in [-0.39, 0.29) is 22.9 Å². The molecule has 0 aromatic heterocycles. The van der Waals surface area contributed by atoms with Crippen molar-refractivity contribution in [1.82, 2.24) is 15.1 Å². The van der Waals surface area contributed by atoms with Gasteiger partial charge in [-0.2, -0.15) is 0 Å². The van der Waals surface area contributed by atoms with Gasteiger partial charge in [0.2, 0.25) is 5.91 Å². The van der Waals surface area contributed by atoms with Crippen molar-refractivity contribution in [1.29, 1.82) is 0 Å². The van der Waals surface area contributed by atoms with Crippen molar-refractivity contribution in [3.63, 3.8) is 0 Å². The van der Waals surface area contributed by atoms with Crippen molar-refractivity contribution < 1.29 is 18.4 Å². The molecule has 2 fully saturated rings. The lowest BCUT2D eigenvalue weighted by Gasteiger charge is -2.42. The van der Waals surface area contributed by atoms with Crippen LogP contribution in [0.15, 0.2) is 54.6 Å². The number of hydrogen-bond donors (Lipinski definition) is 2. The maximum atomic E-state index is 12.6. The second kappa shape index (κ2) is 9.57. The number of carbonyl (C=O) groups excluding carboxylic acids is 2. The summed E-state index contributed by atoms with van der Waals surface area (Å²) in [6.07, 6.45) is 2.18. The van der Waals surface area contributed by atoms with Gasteiger partial charge in [0.25, 0.3) is 5.24 Å². The van der Waals surface area contributed by atoms with E-state index in [1.807, 2.05) is 42.3 Å². The van der Waals surface area contributed by atoms with Crippen LogP contribution >= 0.6 is 12.6 Å². The van der Waals surface area contributed by atoms with Crippen LogP contribution in [0.5, 0.6) is 0 Å². The third-order valence-corrected chi connectivity index (χ3v) is 5.94. The maximum absolute atomic E-state index is 12.6. The molecule has 30 heavy (non-hydrogen) atoms. The van der Waals surface area contributed by atoms with Crippen LogP contribution in [0.25, 0.3) is 0 Å². The molecule has 2 amide bonds. The Labute approximate surface area is 180 Å². The first-order valence-corrected chi connectivity index (χ1v) is 10.2. The number of thiol groups is 1. The molecule has 0 saturated carbocycles. The molecule has 8 heteroatoms. The van der Waals surface area contributed by atoms with Gasteiger partial charge < -0.3 is 9.80 Å². The van der Waals surface area contributed by atoms with Gasteiger partial charge in [0.1, 0.15) is 11.6 Å². The Morgan fingerprint density at radius 2 is 1.60 bits per heavy atom. The first kappa shape index (κ1) is 22.2. The molecular weight excluding hydrogens is 408 g/mol. The predicted molar refractivity (Wildman–Crippen MR) is 114 cm³/mol. The fourth-order valence-electron chi connectivity index (χ4n) is 3.89. The number of likely N-dealkylation sites (N-methyl/N-ethyl adjacent to an activating group) is 1. The van der Waals surface area contributed by atoms with Crippen LogP contribution in [0.1, 0.15) is 18.4 Å². The van der Waals surface area contributed by atoms with Gasteiger partial charge in [0.15, 0.2) is 0 Å². The zero-order valence-electron chi connectivity index (χ0n) is 16.7. The fourth-order valence-corrected chi connectivity index (χ4v) is 4.09. The summed E-state index contributed by atoms with van der Waals surface area (Å²) in [6.45, 7) is 1.26. The van der Waals surface area contributed by atoms with E-state index in [1.165, 1.54) is 0 Å². The van der Waals surface area contributed by atoms with Gasteiger partial charge >= 0.3 is 0 Å². The molecule has 2 aliphatic rings. The van der Waals surface area contributed by atoms with Crippen LogP contribution in [0.4, 0.5) is 13.6 Å². The lowest BCUT2D eigenvalue weighted by Crippen LogP contribution is -2.58. The molecule has 4 rings (SSSR count). The van der Waals surface area contributed by atoms with E-state index >= 15 is 0 Å². The van der Waals surface area contributed by atoms with E-state index in [2.05, 4.69) is 17.9 Å². The summed E-state index contributed by atoms with van der Waals surface area (Å²) in [5.41, 5.74) is 0.831. The second-order valence-corrected chi connectivity index (χ2v) is 7.90. The van der Waals surface area contributed by atoms with Crippen LogP contribution in [-0.4, -0.2) is 52.8 Å². The van der Waals surface area contributed by atoms with Gasteiger partial charge in [-0.15, -0.1) is 0 Å². The molecule has 2 heterocycles. The summed E-state index contributed by atoms with van der Waals surface area (Å²) in [7, 11) is 1.86. The van der Waals surface area contributed by atoms with Crippen LogP contribution in [0.2, 0.25) is 0 Å². The van der Waals surface area contributed by atoms with Crippen LogP contribution in [-0.2, 0) is 11.2 Å². The average Bonchev–Trinajstić information content (AvgIpc) is 2.96. The molecule has 2 aromatic carbocycles. The van der Waals surface area contributed by atoms with Gasteiger partial charge in [-0.1, -0.05) is 43.0 Å². The van der Waals surface area contributed by atoms with Crippen molar-refractivity contribution in [3.05, 3.63) is 71.8 Å². The second-order valence-electron chi connectivity index (χ2n) is 7.52. The normalized spacial score (nSPS) is 20.1. The highest BCUT2D eigenvalue weighted by Gasteiger charge is 2.49. The number of hydrogen-bond acceptors (Lipinski definition) is 3. The molecule has 1 unspecified atom stereocenters.